The highest BCUT2D eigenvalue weighted by molar-refractivity contribution is 7.92. The van der Waals surface area contributed by atoms with Gasteiger partial charge in [0.1, 0.15) is 5.82 Å². The zero-order chi connectivity index (χ0) is 25.1. The normalized spacial score (nSPS) is 18.9. The number of fused-ring (bicyclic) bond motifs is 2. The van der Waals surface area contributed by atoms with Gasteiger partial charge < -0.3 is 4.90 Å². The van der Waals surface area contributed by atoms with Crippen LogP contribution in [0.25, 0.3) is 0 Å². The molecular formula is C27H28FN3O3S. The molecule has 0 aliphatic carbocycles. The Morgan fingerprint density at radius 1 is 0.971 bits per heavy atom. The van der Waals surface area contributed by atoms with Gasteiger partial charge in [-0.1, -0.05) is 30.3 Å². The van der Waals surface area contributed by atoms with Gasteiger partial charge in [0.25, 0.3) is 15.9 Å². The summed E-state index contributed by atoms with van der Waals surface area (Å²) in [7, 11) is -2.07. The van der Waals surface area contributed by atoms with E-state index in [4.69, 9.17) is 0 Å². The van der Waals surface area contributed by atoms with Gasteiger partial charge in [0.2, 0.25) is 0 Å². The van der Waals surface area contributed by atoms with E-state index in [2.05, 4.69) is 4.90 Å². The fourth-order valence-corrected chi connectivity index (χ4v) is 7.11. The largest absolute Gasteiger partial charge is 0.371 e. The Hall–Kier alpha value is -3.39. The van der Waals surface area contributed by atoms with Crippen LogP contribution in [0, 0.1) is 5.82 Å². The lowest BCUT2D eigenvalue weighted by atomic mass is 9.95. The van der Waals surface area contributed by atoms with E-state index in [-0.39, 0.29) is 16.5 Å². The summed E-state index contributed by atoms with van der Waals surface area (Å²) in [6, 6.07) is 18.0. The van der Waals surface area contributed by atoms with Crippen LogP contribution in [-0.4, -0.2) is 39.5 Å². The number of benzene rings is 3. The average Bonchev–Trinajstić information content (AvgIpc) is 3.15. The lowest BCUT2D eigenvalue weighted by Crippen LogP contribution is -2.57. The number of hydrogen-bond donors (Lipinski definition) is 0. The molecular weight excluding hydrogens is 465 g/mol. The summed E-state index contributed by atoms with van der Waals surface area (Å²) >= 11 is 0. The van der Waals surface area contributed by atoms with Gasteiger partial charge in [-0.25, -0.2) is 12.8 Å². The SMILES string of the molecule is CC1Cc2ccccc2N1S(=O)(=O)c1ccc(F)c(C(=O)N2c3ccccc3N(C)CC2(C)C)c1. The van der Waals surface area contributed by atoms with Gasteiger partial charge in [0, 0.05) is 19.6 Å². The van der Waals surface area contributed by atoms with Gasteiger partial charge in [0.05, 0.1) is 33.1 Å². The molecule has 1 amide bonds. The molecule has 3 aromatic carbocycles. The molecule has 5 rings (SSSR count). The van der Waals surface area contributed by atoms with E-state index < -0.39 is 27.3 Å². The number of rotatable bonds is 3. The number of likely N-dealkylation sites (N-methyl/N-ethyl adjacent to an activating group) is 1. The van der Waals surface area contributed by atoms with Crippen LogP contribution in [0.4, 0.5) is 21.5 Å². The van der Waals surface area contributed by atoms with Gasteiger partial charge >= 0.3 is 0 Å². The second-order valence-corrected chi connectivity index (χ2v) is 11.7. The number of anilines is 3. The van der Waals surface area contributed by atoms with Crippen molar-refractivity contribution in [2.75, 3.05) is 27.7 Å². The first-order valence-corrected chi connectivity index (χ1v) is 13.0. The van der Waals surface area contributed by atoms with Gasteiger partial charge in [-0.05, 0) is 69.2 Å². The van der Waals surface area contributed by atoms with E-state index in [0.717, 1.165) is 17.3 Å². The number of carbonyl (C=O) groups is 1. The smallest absolute Gasteiger partial charge is 0.264 e. The van der Waals surface area contributed by atoms with Crippen LogP contribution in [0.5, 0.6) is 0 Å². The molecule has 0 aromatic heterocycles. The maximum Gasteiger partial charge on any atom is 0.264 e. The first kappa shape index (κ1) is 23.4. The second kappa shape index (κ2) is 8.09. The second-order valence-electron chi connectivity index (χ2n) is 9.92. The maximum absolute atomic E-state index is 15.1. The Morgan fingerprint density at radius 3 is 2.31 bits per heavy atom. The zero-order valence-corrected chi connectivity index (χ0v) is 21.0. The predicted molar refractivity (Wildman–Crippen MR) is 136 cm³/mol. The molecule has 0 N–H and O–H groups in total. The molecule has 0 radical (unpaired) electrons. The molecule has 6 nitrogen and oxygen atoms in total. The lowest BCUT2D eigenvalue weighted by molar-refractivity contribution is 0.0957. The highest BCUT2D eigenvalue weighted by Gasteiger charge is 2.41. The molecule has 0 bridgehead atoms. The number of sulfonamides is 1. The third-order valence-corrected chi connectivity index (χ3v) is 8.76. The number of halogens is 1. The molecule has 182 valence electrons. The van der Waals surface area contributed by atoms with Gasteiger partial charge in [0.15, 0.2) is 0 Å². The van der Waals surface area contributed by atoms with Crippen LogP contribution in [0.1, 0.15) is 36.7 Å². The van der Waals surface area contributed by atoms with Crippen molar-refractivity contribution < 1.29 is 17.6 Å². The summed E-state index contributed by atoms with van der Waals surface area (Å²) in [4.78, 5) is 17.4. The van der Waals surface area contributed by atoms with Crippen molar-refractivity contribution in [2.24, 2.45) is 0 Å². The summed E-state index contributed by atoms with van der Waals surface area (Å²) < 4.78 is 43.9. The molecule has 2 aliphatic heterocycles. The predicted octanol–water partition coefficient (Wildman–Crippen LogP) is 4.84. The van der Waals surface area contributed by atoms with E-state index >= 15 is 4.39 Å². The fraction of sp³-hybridized carbons (Fsp3) is 0.296. The van der Waals surface area contributed by atoms with Gasteiger partial charge in [-0.3, -0.25) is 14.0 Å². The lowest BCUT2D eigenvalue weighted by Gasteiger charge is -2.47. The molecule has 0 saturated carbocycles. The van der Waals surface area contributed by atoms with E-state index in [1.54, 1.807) is 17.0 Å². The van der Waals surface area contributed by atoms with E-state index in [9.17, 15) is 13.2 Å². The van der Waals surface area contributed by atoms with Gasteiger partial charge in [-0.15, -0.1) is 0 Å². The van der Waals surface area contributed by atoms with Gasteiger partial charge in [-0.2, -0.15) is 0 Å². The van der Waals surface area contributed by atoms with Crippen LogP contribution in [0.2, 0.25) is 0 Å². The highest BCUT2D eigenvalue weighted by Crippen LogP contribution is 2.41. The highest BCUT2D eigenvalue weighted by atomic mass is 32.2. The van der Waals surface area contributed by atoms with Crippen LogP contribution in [-0.2, 0) is 16.4 Å². The minimum absolute atomic E-state index is 0.106. The molecule has 8 heteroatoms. The van der Waals surface area contributed by atoms with Crippen LogP contribution in [0.3, 0.4) is 0 Å². The number of nitrogens with zero attached hydrogens (tertiary/aromatic N) is 3. The number of para-hydroxylation sites is 3. The Kier molecular flexibility index (Phi) is 5.40. The Morgan fingerprint density at radius 2 is 1.60 bits per heavy atom. The van der Waals surface area contributed by atoms with Crippen LogP contribution in [0.15, 0.2) is 71.6 Å². The number of amides is 1. The molecule has 0 spiro atoms. The third-order valence-electron chi connectivity index (χ3n) is 6.84. The zero-order valence-electron chi connectivity index (χ0n) is 20.2. The Labute approximate surface area is 205 Å². The minimum Gasteiger partial charge on any atom is -0.371 e. The third kappa shape index (κ3) is 3.67. The molecule has 2 heterocycles. The standard InChI is InChI=1S/C27H28FN3O3S/c1-18-15-19-9-5-6-10-23(19)31(18)35(33,34)20-13-14-22(28)21(16-20)26(32)30-25-12-8-7-11-24(25)29(4)17-27(30,2)3/h5-14,16,18H,15,17H2,1-4H3. The summed E-state index contributed by atoms with van der Waals surface area (Å²) in [6.07, 6.45) is 0.592. The monoisotopic (exact) mass is 493 g/mol. The van der Waals surface area contributed by atoms with E-state index in [1.807, 2.05) is 64.2 Å². The van der Waals surface area contributed by atoms with Crippen molar-refractivity contribution in [3.05, 3.63) is 83.7 Å². The van der Waals surface area contributed by atoms with Crippen LogP contribution < -0.4 is 14.1 Å². The molecule has 3 aromatic rings. The number of carbonyl (C=O) groups excluding carboxylic acids is 1. The Bertz CT molecular complexity index is 1440. The van der Waals surface area contributed by atoms with Crippen molar-refractivity contribution in [2.45, 2.75) is 43.7 Å². The first-order chi connectivity index (χ1) is 16.5. The van der Waals surface area contributed by atoms with Crippen molar-refractivity contribution in [3.63, 3.8) is 0 Å². The summed E-state index contributed by atoms with van der Waals surface area (Å²) in [5, 5.41) is 0. The topological polar surface area (TPSA) is 60.9 Å². The molecule has 0 fully saturated rings. The summed E-state index contributed by atoms with van der Waals surface area (Å²) in [5.41, 5.74) is 2.16. The Balaban J connectivity index is 1.59. The summed E-state index contributed by atoms with van der Waals surface area (Å²) in [6.45, 7) is 6.21. The van der Waals surface area contributed by atoms with Crippen molar-refractivity contribution in [1.29, 1.82) is 0 Å². The molecule has 0 saturated heterocycles. The van der Waals surface area contributed by atoms with Crippen molar-refractivity contribution in [1.82, 2.24) is 0 Å². The average molecular weight is 494 g/mol. The van der Waals surface area contributed by atoms with E-state index in [1.165, 1.54) is 16.4 Å². The van der Waals surface area contributed by atoms with Crippen molar-refractivity contribution >= 4 is 33.0 Å². The van der Waals surface area contributed by atoms with Crippen LogP contribution >= 0.6 is 0 Å². The maximum atomic E-state index is 15.1. The van der Waals surface area contributed by atoms with Crippen molar-refractivity contribution in [3.8, 4) is 0 Å². The summed E-state index contributed by atoms with van der Waals surface area (Å²) in [5.74, 6) is -1.32. The molecule has 1 atom stereocenters. The molecule has 35 heavy (non-hydrogen) atoms. The van der Waals surface area contributed by atoms with E-state index in [0.29, 0.717) is 24.3 Å². The fourth-order valence-electron chi connectivity index (χ4n) is 5.39. The quantitative estimate of drug-likeness (QED) is 0.524. The minimum atomic E-state index is -4.02. The number of hydrogen-bond acceptors (Lipinski definition) is 4. The molecule has 1 unspecified atom stereocenters. The first-order valence-electron chi connectivity index (χ1n) is 11.6. The molecule has 2 aliphatic rings.